The number of alkyl halides is 1. The van der Waals surface area contributed by atoms with Crippen LogP contribution in [0.1, 0.15) is 24.3 Å². The number of amides is 1. The maximum atomic E-state index is 13.0. The summed E-state index contributed by atoms with van der Waals surface area (Å²) >= 11 is 7.27. The quantitative estimate of drug-likeness (QED) is 0.323. The highest BCUT2D eigenvalue weighted by Crippen LogP contribution is 2.23. The van der Waals surface area contributed by atoms with Gasteiger partial charge < -0.3 is 9.88 Å². The zero-order valence-electron chi connectivity index (χ0n) is 16.2. The monoisotopic (exact) mass is 426 g/mol. The Balaban J connectivity index is 1.73. The van der Waals surface area contributed by atoms with Gasteiger partial charge in [-0.1, -0.05) is 42.1 Å². The minimum atomic E-state index is -0.254. The zero-order valence-corrected chi connectivity index (χ0v) is 17.7. The Hall–Kier alpha value is -2.57. The lowest BCUT2D eigenvalue weighted by Crippen LogP contribution is -2.33. The number of aliphatic imine (C=N–C) groups is 1. The molecule has 0 spiro atoms. The molecule has 29 heavy (non-hydrogen) atoms. The van der Waals surface area contributed by atoms with Crippen molar-refractivity contribution in [2.75, 3.05) is 12.1 Å². The van der Waals surface area contributed by atoms with Gasteiger partial charge in [0, 0.05) is 24.0 Å². The Morgan fingerprint density at radius 1 is 1.21 bits per heavy atom. The third-order valence-electron chi connectivity index (χ3n) is 4.45. The number of carbonyl (C=O) groups excluding carboxylic acids is 1. The summed E-state index contributed by atoms with van der Waals surface area (Å²) in [6.07, 6.45) is 8.74. The third-order valence-corrected chi connectivity index (χ3v) is 5.30. The number of halogens is 1. The van der Waals surface area contributed by atoms with E-state index in [2.05, 4.69) is 15.3 Å². The number of carbonyl (C=O) groups is 1. The van der Waals surface area contributed by atoms with E-state index in [1.54, 1.807) is 12.5 Å². The van der Waals surface area contributed by atoms with Crippen molar-refractivity contribution in [3.8, 4) is 5.69 Å². The largest absolute Gasteiger partial charge is 0.306 e. The maximum absolute atomic E-state index is 13.0. The fourth-order valence-electron chi connectivity index (χ4n) is 2.96. The topological polar surface area (TPSA) is 59.3 Å². The first-order valence-corrected chi connectivity index (χ1v) is 11.1. The Morgan fingerprint density at radius 3 is 2.59 bits per heavy atom. The molecular weight excluding hydrogens is 404 g/mol. The van der Waals surface area contributed by atoms with E-state index < -0.39 is 0 Å². The van der Waals surface area contributed by atoms with Gasteiger partial charge in [-0.25, -0.2) is 9.98 Å². The van der Waals surface area contributed by atoms with Crippen LogP contribution in [0.25, 0.3) is 5.69 Å². The molecular formula is C22H23ClN4OS. The van der Waals surface area contributed by atoms with Crippen LogP contribution in [0.4, 0.5) is 5.69 Å². The van der Waals surface area contributed by atoms with Gasteiger partial charge in [-0.2, -0.15) is 0 Å². The summed E-state index contributed by atoms with van der Waals surface area (Å²) in [7, 11) is 0. The molecule has 0 aliphatic rings. The number of thioether (sulfide) groups is 1. The van der Waals surface area contributed by atoms with Crippen LogP contribution in [0.5, 0.6) is 0 Å². The van der Waals surface area contributed by atoms with E-state index in [0.29, 0.717) is 17.5 Å². The highest BCUT2D eigenvalue weighted by Gasteiger charge is 2.21. The number of aromatic nitrogens is 2. The zero-order chi connectivity index (χ0) is 20.5. The summed E-state index contributed by atoms with van der Waals surface area (Å²) in [6.45, 7) is 0. The average Bonchev–Trinajstić information content (AvgIpc) is 3.30. The molecule has 150 valence electrons. The van der Waals surface area contributed by atoms with Gasteiger partial charge in [0.2, 0.25) is 5.91 Å². The van der Waals surface area contributed by atoms with E-state index in [9.17, 15) is 4.79 Å². The normalized spacial score (nSPS) is 12.6. The second kappa shape index (κ2) is 10.8. The van der Waals surface area contributed by atoms with Crippen LogP contribution >= 0.6 is 23.4 Å². The van der Waals surface area contributed by atoms with Gasteiger partial charge in [-0.05, 0) is 48.9 Å². The highest BCUT2D eigenvalue weighted by molar-refractivity contribution is 8.13. The first kappa shape index (κ1) is 21.1. The molecule has 0 bridgehead atoms. The Labute approximate surface area is 180 Å². The lowest BCUT2D eigenvalue weighted by molar-refractivity contribution is -0.121. The molecule has 2 aromatic carbocycles. The summed E-state index contributed by atoms with van der Waals surface area (Å²) < 4.78 is 1.92. The molecule has 0 fully saturated rings. The molecule has 0 aliphatic carbocycles. The van der Waals surface area contributed by atoms with Crippen LogP contribution in [0.3, 0.4) is 0 Å². The fraction of sp³-hybridized carbons (Fsp3) is 0.227. The van der Waals surface area contributed by atoms with Crippen molar-refractivity contribution in [1.29, 1.82) is 0 Å². The summed E-state index contributed by atoms with van der Waals surface area (Å²) in [4.78, 5) is 21.6. The molecule has 3 aromatic rings. The smallest absolute Gasteiger partial charge is 0.233 e. The number of benzene rings is 2. The highest BCUT2D eigenvalue weighted by atomic mass is 35.5. The van der Waals surface area contributed by atoms with Crippen LogP contribution in [0, 0.1) is 0 Å². The number of amidine groups is 1. The molecule has 7 heteroatoms. The van der Waals surface area contributed by atoms with E-state index in [1.807, 2.05) is 71.6 Å². The minimum absolute atomic E-state index is 0.0653. The molecule has 0 radical (unpaired) electrons. The van der Waals surface area contributed by atoms with Crippen LogP contribution in [-0.2, 0) is 4.79 Å². The number of imidazole rings is 1. The molecule has 3 rings (SSSR count). The van der Waals surface area contributed by atoms with Crippen LogP contribution < -0.4 is 5.32 Å². The van der Waals surface area contributed by atoms with Crippen molar-refractivity contribution in [3.05, 3.63) is 78.9 Å². The molecule has 0 aliphatic heterocycles. The van der Waals surface area contributed by atoms with Gasteiger partial charge in [0.05, 0.1) is 17.9 Å². The van der Waals surface area contributed by atoms with Crippen molar-refractivity contribution in [2.45, 2.75) is 18.8 Å². The van der Waals surface area contributed by atoms with Gasteiger partial charge >= 0.3 is 0 Å². The molecule has 5 nitrogen and oxygen atoms in total. The van der Waals surface area contributed by atoms with Crippen molar-refractivity contribution in [2.24, 2.45) is 4.99 Å². The predicted molar refractivity (Wildman–Crippen MR) is 121 cm³/mol. The van der Waals surface area contributed by atoms with Crippen molar-refractivity contribution >= 4 is 40.1 Å². The Morgan fingerprint density at radius 2 is 1.97 bits per heavy atom. The molecule has 1 heterocycles. The molecule has 1 unspecified atom stereocenters. The van der Waals surface area contributed by atoms with Crippen molar-refractivity contribution < 1.29 is 4.79 Å². The summed E-state index contributed by atoms with van der Waals surface area (Å²) in [5.41, 5.74) is 2.76. The summed E-state index contributed by atoms with van der Waals surface area (Å²) in [5.74, 6) is 0.212. The number of hydrogen-bond acceptors (Lipinski definition) is 4. The first-order valence-electron chi connectivity index (χ1n) is 9.34. The molecule has 0 saturated carbocycles. The first-order chi connectivity index (χ1) is 14.2. The molecule has 1 N–H and O–H groups in total. The van der Waals surface area contributed by atoms with Crippen LogP contribution in [0.2, 0.25) is 0 Å². The van der Waals surface area contributed by atoms with Gasteiger partial charge in [-0.15, -0.1) is 11.6 Å². The van der Waals surface area contributed by atoms with E-state index in [1.165, 1.54) is 11.8 Å². The van der Waals surface area contributed by atoms with Crippen LogP contribution in [0.15, 0.2) is 78.3 Å². The number of nitrogens with zero attached hydrogens (tertiary/aromatic N) is 3. The van der Waals surface area contributed by atoms with E-state index >= 15 is 0 Å². The average molecular weight is 427 g/mol. The molecule has 1 atom stereocenters. The lowest BCUT2D eigenvalue weighted by atomic mass is 9.94. The number of rotatable bonds is 7. The van der Waals surface area contributed by atoms with Gasteiger partial charge in [0.1, 0.15) is 0 Å². The minimum Gasteiger partial charge on any atom is -0.306 e. The molecule has 1 aromatic heterocycles. The SMILES string of the molecule is CS/C(=N\c1ccc(-n2ccnc2)cc1)NC(=O)C(CCCCl)c1ccccc1. The predicted octanol–water partition coefficient (Wildman–Crippen LogP) is 5.14. The fourth-order valence-corrected chi connectivity index (χ4v) is 3.51. The van der Waals surface area contributed by atoms with E-state index in [4.69, 9.17) is 11.6 Å². The van der Waals surface area contributed by atoms with Crippen molar-refractivity contribution in [3.63, 3.8) is 0 Å². The molecule has 0 saturated heterocycles. The maximum Gasteiger partial charge on any atom is 0.233 e. The molecule has 1 amide bonds. The van der Waals surface area contributed by atoms with Gasteiger partial charge in [-0.3, -0.25) is 4.79 Å². The van der Waals surface area contributed by atoms with Gasteiger partial charge in [0.15, 0.2) is 5.17 Å². The Kier molecular flexibility index (Phi) is 7.90. The third kappa shape index (κ3) is 5.95. The number of hydrogen-bond donors (Lipinski definition) is 1. The Bertz CT molecular complexity index is 927. The van der Waals surface area contributed by atoms with Gasteiger partial charge in [0.25, 0.3) is 0 Å². The van der Waals surface area contributed by atoms with E-state index in [-0.39, 0.29) is 11.8 Å². The van der Waals surface area contributed by atoms with Crippen LogP contribution in [-0.4, -0.2) is 32.8 Å². The standard InChI is InChI=1S/C22H23ClN4OS/c1-29-22(25-18-9-11-19(12-10-18)27-15-14-24-16-27)26-21(28)20(8-5-13-23)17-6-3-2-4-7-17/h2-4,6-7,9-12,14-16,20H,5,8,13H2,1H3,(H,25,26,28). The second-order valence-corrected chi connectivity index (χ2v) is 7.56. The second-order valence-electron chi connectivity index (χ2n) is 6.39. The number of nitrogens with one attached hydrogen (secondary N) is 1. The summed E-state index contributed by atoms with van der Waals surface area (Å²) in [5, 5.41) is 3.55. The van der Waals surface area contributed by atoms with E-state index in [0.717, 1.165) is 23.4 Å². The lowest BCUT2D eigenvalue weighted by Gasteiger charge is -2.17. The van der Waals surface area contributed by atoms with Crippen molar-refractivity contribution in [1.82, 2.24) is 14.9 Å². The summed E-state index contributed by atoms with van der Waals surface area (Å²) in [6, 6.07) is 17.6.